The number of nitrogens with one attached hydrogen (secondary N) is 1. The largest absolute Gasteiger partial charge is 2.00 e. The van der Waals surface area contributed by atoms with Crippen molar-refractivity contribution in [3.8, 4) is 0 Å². The van der Waals surface area contributed by atoms with Gasteiger partial charge in [0.15, 0.2) is 0 Å². The van der Waals surface area contributed by atoms with Crippen LogP contribution in [0.15, 0.2) is 12.2 Å². The first-order chi connectivity index (χ1) is 3.81. The van der Waals surface area contributed by atoms with Gasteiger partial charge >= 0.3 is 31.1 Å². The Morgan fingerprint density at radius 1 is 1.78 bits per heavy atom. The van der Waals surface area contributed by atoms with Crippen molar-refractivity contribution in [1.29, 1.82) is 0 Å². The van der Waals surface area contributed by atoms with E-state index in [0.717, 1.165) is 0 Å². The fourth-order valence-electron chi connectivity index (χ4n) is 0.165. The Hall–Kier alpha value is -0.0381. The molecule has 1 amide bonds. The van der Waals surface area contributed by atoms with Crippen LogP contribution in [0, 0.1) is 43.8 Å². The smallest absolute Gasteiger partial charge is 0.394 e. The zero-order valence-electron chi connectivity index (χ0n) is 4.72. The van der Waals surface area contributed by atoms with E-state index in [1.54, 1.807) is 0 Å². The number of carbonyl (C=O) groups is 1. The molecule has 0 aliphatic rings. The Bertz CT molecular complexity index is 122. The van der Waals surface area contributed by atoms with E-state index in [9.17, 15) is 4.79 Å². The summed E-state index contributed by atoms with van der Waals surface area (Å²) in [5.74, 6) is 4.18. The Balaban J connectivity index is 0. The molecule has 0 spiro atoms. The van der Waals surface area contributed by atoms with Gasteiger partial charge in [-0.15, -0.1) is 0 Å². The summed E-state index contributed by atoms with van der Waals surface area (Å²) < 4.78 is 0. The third kappa shape index (κ3) is 7.96. The molecule has 0 saturated heterocycles. The van der Waals surface area contributed by atoms with E-state index >= 15 is 0 Å². The van der Waals surface area contributed by atoms with Crippen LogP contribution in [-0.4, -0.2) is 5.91 Å². The van der Waals surface area contributed by atoms with Gasteiger partial charge in [-0.3, -0.25) is 10.9 Å². The number of amides is 1. The third-order valence-corrected chi connectivity index (χ3v) is 0.442. The SMILES string of the molecule is [CH-]=CC=[C-]C(=O)NN.[U+2]. The molecule has 0 fully saturated rings. The molecule has 4 heteroatoms. The fraction of sp³-hybridized carbons (Fsp3) is 0. The monoisotopic (exact) mass is 348 g/mol. The molecule has 0 atom stereocenters. The zero-order chi connectivity index (χ0) is 6.41. The van der Waals surface area contributed by atoms with E-state index in [2.05, 4.69) is 11.9 Å². The number of allylic oxidation sites excluding steroid dienone is 2. The van der Waals surface area contributed by atoms with Crippen LogP contribution < -0.4 is 11.3 Å². The molecular weight excluding hydrogens is 342 g/mol. The fourth-order valence-corrected chi connectivity index (χ4v) is 0.165. The van der Waals surface area contributed by atoms with Gasteiger partial charge in [0.2, 0.25) is 0 Å². The van der Waals surface area contributed by atoms with Gasteiger partial charge in [-0.25, -0.2) is 5.84 Å². The van der Waals surface area contributed by atoms with Gasteiger partial charge in [-0.2, -0.15) is 0 Å². The summed E-state index contributed by atoms with van der Waals surface area (Å²) >= 11 is 0. The maximum atomic E-state index is 10.1. The predicted molar refractivity (Wildman–Crippen MR) is 29.0 cm³/mol. The molecule has 9 heavy (non-hydrogen) atoms. The molecular formula is C5H6N2OU. The van der Waals surface area contributed by atoms with Crippen LogP contribution in [0.3, 0.4) is 0 Å². The molecule has 3 nitrogen and oxygen atoms in total. The van der Waals surface area contributed by atoms with E-state index in [-0.39, 0.29) is 31.1 Å². The summed E-state index contributed by atoms with van der Waals surface area (Å²) in [6.07, 6.45) is 4.66. The van der Waals surface area contributed by atoms with Gasteiger partial charge < -0.3 is 24.2 Å². The Kier molecular flexibility index (Phi) is 10.4. The van der Waals surface area contributed by atoms with E-state index in [4.69, 9.17) is 6.58 Å². The first kappa shape index (κ1) is 11.7. The maximum Gasteiger partial charge on any atom is 2.00 e. The Labute approximate surface area is 77.7 Å². The molecule has 0 heterocycles. The van der Waals surface area contributed by atoms with E-state index < -0.39 is 5.91 Å². The van der Waals surface area contributed by atoms with Crippen molar-refractivity contribution in [1.82, 2.24) is 5.43 Å². The van der Waals surface area contributed by atoms with Gasteiger partial charge in [0, 0.05) is 0 Å². The minimum atomic E-state index is -0.494. The summed E-state index contributed by atoms with van der Waals surface area (Å²) in [5.41, 5.74) is 1.84. The zero-order valence-corrected chi connectivity index (χ0v) is 8.88. The van der Waals surface area contributed by atoms with E-state index in [1.165, 1.54) is 12.2 Å². The van der Waals surface area contributed by atoms with Crippen LogP contribution in [0.5, 0.6) is 0 Å². The number of hydrogen-bond acceptors (Lipinski definition) is 2. The second kappa shape index (κ2) is 7.96. The van der Waals surface area contributed by atoms with Crippen molar-refractivity contribution in [2.75, 3.05) is 0 Å². The van der Waals surface area contributed by atoms with Crippen molar-refractivity contribution in [2.24, 2.45) is 5.84 Å². The average Bonchev–Trinajstić information content (AvgIpc) is 1.83. The predicted octanol–water partition coefficient (Wildman–Crippen LogP) is -0.675. The van der Waals surface area contributed by atoms with Crippen molar-refractivity contribution in [3.05, 3.63) is 24.8 Å². The summed E-state index contributed by atoms with van der Waals surface area (Å²) in [4.78, 5) is 10.1. The normalized spacial score (nSPS) is 8.11. The van der Waals surface area contributed by atoms with Crippen molar-refractivity contribution < 1.29 is 35.9 Å². The second-order valence-corrected chi connectivity index (χ2v) is 0.977. The number of carbonyl (C=O) groups excluding carboxylic acids is 1. The van der Waals surface area contributed by atoms with Crippen molar-refractivity contribution in [2.45, 2.75) is 0 Å². The number of hydrogen-bond donors (Lipinski definition) is 2. The van der Waals surface area contributed by atoms with Crippen LogP contribution in [0.2, 0.25) is 0 Å². The molecule has 0 aromatic carbocycles. The third-order valence-electron chi connectivity index (χ3n) is 0.442. The molecule has 46 valence electrons. The molecule has 0 aromatic rings. The van der Waals surface area contributed by atoms with Crippen LogP contribution in [0.25, 0.3) is 0 Å². The molecule has 0 aliphatic carbocycles. The summed E-state index contributed by atoms with van der Waals surface area (Å²) in [7, 11) is 0. The summed E-state index contributed by atoms with van der Waals surface area (Å²) in [6, 6.07) is 0. The summed E-state index contributed by atoms with van der Waals surface area (Å²) in [5, 5.41) is 0. The number of hydrazine groups is 1. The molecule has 0 bridgehead atoms. The first-order valence-corrected chi connectivity index (χ1v) is 1.95. The van der Waals surface area contributed by atoms with Gasteiger partial charge in [0.05, 0.1) is 0 Å². The summed E-state index contributed by atoms with van der Waals surface area (Å²) in [6.45, 7) is 4.87. The Morgan fingerprint density at radius 3 is 2.67 bits per heavy atom. The second-order valence-electron chi connectivity index (χ2n) is 0.977. The van der Waals surface area contributed by atoms with E-state index in [0.29, 0.717) is 0 Å². The Morgan fingerprint density at radius 2 is 2.33 bits per heavy atom. The van der Waals surface area contributed by atoms with Crippen LogP contribution in [-0.2, 0) is 4.79 Å². The standard InChI is InChI=1S/C5H6N2O.U/c1-2-3-4-5(8)7-6;/h1-3H,6H2,(H,7,8);/q-2;+2. The minimum Gasteiger partial charge on any atom is -0.394 e. The topological polar surface area (TPSA) is 55.1 Å². The molecule has 0 rings (SSSR count). The van der Waals surface area contributed by atoms with Crippen LogP contribution in [0.1, 0.15) is 0 Å². The average molecular weight is 348 g/mol. The van der Waals surface area contributed by atoms with Crippen molar-refractivity contribution in [3.63, 3.8) is 0 Å². The van der Waals surface area contributed by atoms with Gasteiger partial charge in [0.25, 0.3) is 0 Å². The number of nitrogens with two attached hydrogens (primary N) is 1. The van der Waals surface area contributed by atoms with Gasteiger partial charge in [-0.1, -0.05) is 0 Å². The molecule has 0 saturated carbocycles. The van der Waals surface area contributed by atoms with Crippen LogP contribution >= 0.6 is 0 Å². The molecule has 0 aromatic heterocycles. The van der Waals surface area contributed by atoms with E-state index in [1.807, 2.05) is 5.43 Å². The van der Waals surface area contributed by atoms with Crippen LogP contribution in [0.4, 0.5) is 0 Å². The number of rotatable bonds is 2. The quantitative estimate of drug-likeness (QED) is 0.174. The first-order valence-electron chi connectivity index (χ1n) is 1.95. The molecule has 3 N–H and O–H groups in total. The molecule has 0 unspecified atom stereocenters. The van der Waals surface area contributed by atoms with Gasteiger partial charge in [0.1, 0.15) is 5.91 Å². The minimum absolute atomic E-state index is 0. The molecule has 0 aliphatic heterocycles. The van der Waals surface area contributed by atoms with Crippen molar-refractivity contribution >= 4 is 5.91 Å². The molecule has 0 radical (unpaired) electrons. The maximum absolute atomic E-state index is 10.1. The van der Waals surface area contributed by atoms with Gasteiger partial charge in [-0.05, 0) is 0 Å².